The molecule has 0 fully saturated rings. The monoisotopic (exact) mass is 319 g/mol. The number of carboxylic acid groups (broad SMARTS) is 1. The summed E-state index contributed by atoms with van der Waals surface area (Å²) in [4.78, 5) is 15.3. The Balaban J connectivity index is 1.96. The van der Waals surface area contributed by atoms with Crippen LogP contribution in [0.5, 0.6) is 0 Å². The first-order valence-electron chi connectivity index (χ1n) is 7.47. The molecule has 0 spiro atoms. The number of fused-ring (bicyclic) bond motifs is 2. The van der Waals surface area contributed by atoms with Crippen molar-refractivity contribution >= 4 is 34.3 Å². The number of benzene rings is 1. The van der Waals surface area contributed by atoms with E-state index in [2.05, 4.69) is 10.6 Å². The van der Waals surface area contributed by atoms with Gasteiger partial charge in [-0.2, -0.15) is 0 Å². The number of rotatable bonds is 4. The molecule has 1 aromatic heterocycles. The number of pyridine rings is 1. The predicted octanol–water partition coefficient (Wildman–Crippen LogP) is 3.45. The zero-order chi connectivity index (χ0) is 15.5. The maximum absolute atomic E-state index is 10.5. The first-order valence-corrected chi connectivity index (χ1v) is 7.84. The molecule has 3 rings (SSSR count). The predicted molar refractivity (Wildman–Crippen MR) is 87.9 cm³/mol. The lowest BCUT2D eigenvalue weighted by molar-refractivity contribution is 0.195. The summed E-state index contributed by atoms with van der Waals surface area (Å²) >= 11 is 6.13. The number of hydrogen-bond donors (Lipinski definition) is 3. The minimum absolute atomic E-state index is 0.356. The lowest BCUT2D eigenvalue weighted by atomic mass is 9.92. The Morgan fingerprint density at radius 2 is 2.09 bits per heavy atom. The van der Waals surface area contributed by atoms with Crippen LogP contribution in [0.2, 0.25) is 5.02 Å². The number of anilines is 1. The second kappa shape index (κ2) is 6.40. The Labute approximate surface area is 133 Å². The molecule has 0 unspecified atom stereocenters. The second-order valence-electron chi connectivity index (χ2n) is 5.44. The normalized spacial score (nSPS) is 13.7. The summed E-state index contributed by atoms with van der Waals surface area (Å²) in [6.07, 6.45) is 3.31. The molecule has 1 aliphatic rings. The van der Waals surface area contributed by atoms with Crippen molar-refractivity contribution in [3.05, 3.63) is 34.5 Å². The van der Waals surface area contributed by atoms with Crippen LogP contribution >= 0.6 is 11.6 Å². The molecule has 1 heterocycles. The third-order valence-corrected chi connectivity index (χ3v) is 4.16. The summed E-state index contributed by atoms with van der Waals surface area (Å²) in [7, 11) is 0. The van der Waals surface area contributed by atoms with Gasteiger partial charge in [0, 0.05) is 34.9 Å². The quantitative estimate of drug-likeness (QED) is 0.755. The van der Waals surface area contributed by atoms with Crippen LogP contribution in [0.4, 0.5) is 10.5 Å². The minimum Gasteiger partial charge on any atom is -0.465 e. The van der Waals surface area contributed by atoms with E-state index in [0.717, 1.165) is 41.5 Å². The summed E-state index contributed by atoms with van der Waals surface area (Å²) in [5, 5.41) is 16.1. The van der Waals surface area contributed by atoms with E-state index in [4.69, 9.17) is 21.7 Å². The molecule has 3 N–H and O–H groups in total. The molecule has 1 aliphatic carbocycles. The molecule has 5 nitrogen and oxygen atoms in total. The van der Waals surface area contributed by atoms with Gasteiger partial charge in [0.25, 0.3) is 0 Å². The first-order chi connectivity index (χ1) is 10.6. The summed E-state index contributed by atoms with van der Waals surface area (Å²) in [6, 6.07) is 5.71. The van der Waals surface area contributed by atoms with Crippen molar-refractivity contribution in [1.29, 1.82) is 0 Å². The molecule has 0 atom stereocenters. The number of nitrogens with one attached hydrogen (secondary N) is 2. The van der Waals surface area contributed by atoms with E-state index in [9.17, 15) is 4.79 Å². The average Bonchev–Trinajstić information content (AvgIpc) is 2.50. The van der Waals surface area contributed by atoms with Crippen molar-refractivity contribution in [3.8, 4) is 0 Å². The van der Waals surface area contributed by atoms with Crippen molar-refractivity contribution in [1.82, 2.24) is 10.3 Å². The topological polar surface area (TPSA) is 74.2 Å². The van der Waals surface area contributed by atoms with E-state index >= 15 is 0 Å². The van der Waals surface area contributed by atoms with Crippen LogP contribution < -0.4 is 10.6 Å². The summed E-state index contributed by atoms with van der Waals surface area (Å²) in [5.74, 6) is 0. The fraction of sp³-hybridized carbons (Fsp3) is 0.375. The number of aromatic nitrogens is 1. The number of halogens is 1. The molecule has 1 amide bonds. The molecule has 6 heteroatoms. The van der Waals surface area contributed by atoms with Crippen molar-refractivity contribution in [2.45, 2.75) is 25.7 Å². The molecule has 2 aromatic rings. The van der Waals surface area contributed by atoms with Gasteiger partial charge in [-0.15, -0.1) is 0 Å². The fourth-order valence-corrected chi connectivity index (χ4v) is 3.13. The Kier molecular flexibility index (Phi) is 4.34. The standard InChI is InChI=1S/C16H18ClN3O2/c17-10-5-6-14-12(9-10)15(18-7-8-19-16(21)22)11-3-1-2-4-13(11)20-14/h5-6,9,19H,1-4,7-8H2,(H,18,20)(H,21,22). The SMILES string of the molecule is O=C(O)NCCNc1c2c(nc3ccc(Cl)cc13)CCCC2. The number of hydrogen-bond acceptors (Lipinski definition) is 3. The largest absolute Gasteiger partial charge is 0.465 e. The van der Waals surface area contributed by atoms with Gasteiger partial charge in [0.2, 0.25) is 0 Å². The zero-order valence-electron chi connectivity index (χ0n) is 12.2. The van der Waals surface area contributed by atoms with Gasteiger partial charge < -0.3 is 15.7 Å². The van der Waals surface area contributed by atoms with Crippen LogP contribution in [0, 0.1) is 0 Å². The van der Waals surface area contributed by atoms with Gasteiger partial charge in [0.15, 0.2) is 0 Å². The molecule has 1 aromatic carbocycles. The summed E-state index contributed by atoms with van der Waals surface area (Å²) in [5.41, 5.74) is 4.37. The van der Waals surface area contributed by atoms with Crippen molar-refractivity contribution in [2.75, 3.05) is 18.4 Å². The third-order valence-electron chi connectivity index (χ3n) is 3.93. The van der Waals surface area contributed by atoms with Crippen LogP contribution in [-0.2, 0) is 12.8 Å². The molecular formula is C16H18ClN3O2. The summed E-state index contributed by atoms with van der Waals surface area (Å²) < 4.78 is 0. The van der Waals surface area contributed by atoms with Gasteiger partial charge in [-0.05, 0) is 49.4 Å². The van der Waals surface area contributed by atoms with Crippen molar-refractivity contribution in [3.63, 3.8) is 0 Å². The molecular weight excluding hydrogens is 302 g/mol. The average molecular weight is 320 g/mol. The maximum Gasteiger partial charge on any atom is 0.404 e. The van der Waals surface area contributed by atoms with Gasteiger partial charge >= 0.3 is 6.09 Å². The van der Waals surface area contributed by atoms with E-state index in [0.29, 0.717) is 18.1 Å². The first kappa shape index (κ1) is 14.9. The van der Waals surface area contributed by atoms with E-state index < -0.39 is 6.09 Å². The summed E-state index contributed by atoms with van der Waals surface area (Å²) in [6.45, 7) is 0.888. The van der Waals surface area contributed by atoms with Crippen LogP contribution in [0.3, 0.4) is 0 Å². The zero-order valence-corrected chi connectivity index (χ0v) is 12.9. The number of nitrogens with zero attached hydrogens (tertiary/aromatic N) is 1. The molecule has 22 heavy (non-hydrogen) atoms. The van der Waals surface area contributed by atoms with Crippen LogP contribution in [0.15, 0.2) is 18.2 Å². The van der Waals surface area contributed by atoms with Crippen molar-refractivity contribution in [2.24, 2.45) is 0 Å². The molecule has 0 aliphatic heterocycles. The fourth-order valence-electron chi connectivity index (χ4n) is 2.95. The highest BCUT2D eigenvalue weighted by Crippen LogP contribution is 2.34. The van der Waals surface area contributed by atoms with Crippen LogP contribution in [0.25, 0.3) is 10.9 Å². The van der Waals surface area contributed by atoms with Gasteiger partial charge in [-0.1, -0.05) is 11.6 Å². The number of aryl methyl sites for hydroxylation is 1. The lowest BCUT2D eigenvalue weighted by Gasteiger charge is -2.21. The lowest BCUT2D eigenvalue weighted by Crippen LogP contribution is -2.27. The highest BCUT2D eigenvalue weighted by atomic mass is 35.5. The number of amides is 1. The Bertz CT molecular complexity index is 718. The minimum atomic E-state index is -1.01. The van der Waals surface area contributed by atoms with Gasteiger partial charge in [-0.25, -0.2) is 4.79 Å². The molecule has 0 saturated heterocycles. The number of carbonyl (C=O) groups is 1. The van der Waals surface area contributed by atoms with Crippen LogP contribution in [0.1, 0.15) is 24.1 Å². The second-order valence-corrected chi connectivity index (χ2v) is 5.88. The third kappa shape index (κ3) is 3.09. The van der Waals surface area contributed by atoms with Crippen molar-refractivity contribution < 1.29 is 9.90 Å². The highest BCUT2D eigenvalue weighted by Gasteiger charge is 2.18. The Morgan fingerprint density at radius 1 is 1.27 bits per heavy atom. The van der Waals surface area contributed by atoms with E-state index in [1.54, 1.807) is 0 Å². The molecule has 0 saturated carbocycles. The van der Waals surface area contributed by atoms with E-state index in [-0.39, 0.29) is 0 Å². The van der Waals surface area contributed by atoms with E-state index in [1.807, 2.05) is 18.2 Å². The van der Waals surface area contributed by atoms with Gasteiger partial charge in [-0.3, -0.25) is 4.98 Å². The van der Waals surface area contributed by atoms with Gasteiger partial charge in [0.05, 0.1) is 5.52 Å². The maximum atomic E-state index is 10.5. The van der Waals surface area contributed by atoms with Gasteiger partial charge in [0.1, 0.15) is 0 Å². The smallest absolute Gasteiger partial charge is 0.404 e. The van der Waals surface area contributed by atoms with Crippen LogP contribution in [-0.4, -0.2) is 29.3 Å². The van der Waals surface area contributed by atoms with E-state index in [1.165, 1.54) is 12.0 Å². The molecule has 0 radical (unpaired) electrons. The molecule has 116 valence electrons. The molecule has 0 bridgehead atoms. The Morgan fingerprint density at radius 3 is 2.91 bits per heavy atom. The Hall–Kier alpha value is -2.01. The highest BCUT2D eigenvalue weighted by molar-refractivity contribution is 6.31.